The average molecular weight is 476 g/mol. The van der Waals surface area contributed by atoms with Crippen LogP contribution in [0.3, 0.4) is 0 Å². The molecule has 2 aliphatic rings. The smallest absolute Gasteiger partial charge is 0.415 e. The van der Waals surface area contributed by atoms with Gasteiger partial charge in [-0.05, 0) is 50.6 Å². The number of aryl methyl sites for hydroxylation is 1. The first-order valence-corrected chi connectivity index (χ1v) is 12.2. The summed E-state index contributed by atoms with van der Waals surface area (Å²) in [4.78, 5) is 26.3. The number of methoxy groups -OCH3 is 1. The zero-order chi connectivity index (χ0) is 24.7. The Kier molecular flexibility index (Phi) is 6.01. The van der Waals surface area contributed by atoms with Gasteiger partial charge in [0.15, 0.2) is 0 Å². The van der Waals surface area contributed by atoms with Crippen LogP contribution in [0.5, 0.6) is 5.75 Å². The predicted octanol–water partition coefficient (Wildman–Crippen LogP) is 5.06. The molecular formula is C27H33N5O3. The van der Waals surface area contributed by atoms with Crippen molar-refractivity contribution >= 4 is 34.2 Å². The summed E-state index contributed by atoms with van der Waals surface area (Å²) in [6.07, 6.45) is 2.99. The average Bonchev–Trinajstić information content (AvgIpc) is 3.19. The number of benzene rings is 2. The molecule has 0 bridgehead atoms. The molecule has 0 radical (unpaired) electrons. The first-order valence-electron chi connectivity index (χ1n) is 12.2. The van der Waals surface area contributed by atoms with Crippen LogP contribution >= 0.6 is 0 Å². The number of carbonyl (C=O) groups excluding carboxylic acids is 1. The number of piperidine rings is 1. The lowest BCUT2D eigenvalue weighted by Crippen LogP contribution is -2.53. The van der Waals surface area contributed by atoms with Crippen molar-refractivity contribution in [2.45, 2.75) is 39.2 Å². The molecule has 2 aromatic carbocycles. The topological polar surface area (TPSA) is 79.8 Å². The first kappa shape index (κ1) is 23.4. The van der Waals surface area contributed by atoms with Gasteiger partial charge in [-0.15, -0.1) is 0 Å². The van der Waals surface area contributed by atoms with Gasteiger partial charge in [0.05, 0.1) is 24.9 Å². The van der Waals surface area contributed by atoms with Gasteiger partial charge in [0, 0.05) is 42.6 Å². The number of rotatable bonds is 5. The van der Waals surface area contributed by atoms with Crippen LogP contribution in [0.2, 0.25) is 0 Å². The summed E-state index contributed by atoms with van der Waals surface area (Å²) in [6.45, 7) is 8.67. The van der Waals surface area contributed by atoms with E-state index in [4.69, 9.17) is 9.47 Å². The van der Waals surface area contributed by atoms with E-state index in [-0.39, 0.29) is 12.0 Å². The molecule has 35 heavy (non-hydrogen) atoms. The van der Waals surface area contributed by atoms with Gasteiger partial charge in [0.1, 0.15) is 23.5 Å². The maximum absolute atomic E-state index is 13.2. The van der Waals surface area contributed by atoms with E-state index in [1.54, 1.807) is 18.3 Å². The van der Waals surface area contributed by atoms with Gasteiger partial charge >= 0.3 is 6.09 Å². The van der Waals surface area contributed by atoms with Crippen molar-refractivity contribution in [3.8, 4) is 5.75 Å². The molecule has 5 rings (SSSR count). The minimum Gasteiger partial charge on any atom is -0.494 e. The van der Waals surface area contributed by atoms with E-state index in [0.717, 1.165) is 48.1 Å². The second-order valence-corrected chi connectivity index (χ2v) is 9.77. The van der Waals surface area contributed by atoms with Crippen molar-refractivity contribution < 1.29 is 14.3 Å². The molecule has 0 saturated carbocycles. The standard InChI is InChI=1S/C27H33N5O3/c1-6-19-14-31(4)11-10-27(19)15-32(26(33)35-27)23-12-20-22(13-24(23)34-5)28-16-29-25(20)30-21-9-7-8-17(2)18(21)3/h7-9,12-13,16,19H,6,10-11,14-15H2,1-5H3,(H,28,29,30). The third-order valence-electron chi connectivity index (χ3n) is 7.71. The summed E-state index contributed by atoms with van der Waals surface area (Å²) in [5, 5.41) is 4.28. The van der Waals surface area contributed by atoms with Crippen LogP contribution in [-0.2, 0) is 4.74 Å². The van der Waals surface area contributed by atoms with Crippen LogP contribution < -0.4 is 15.0 Å². The molecule has 2 atom stereocenters. The molecule has 1 spiro atoms. The van der Waals surface area contributed by atoms with E-state index < -0.39 is 5.60 Å². The number of fused-ring (bicyclic) bond motifs is 1. The van der Waals surface area contributed by atoms with Crippen LogP contribution in [-0.4, -0.2) is 60.4 Å². The molecule has 3 heterocycles. The van der Waals surface area contributed by atoms with Crippen molar-refractivity contribution in [2.24, 2.45) is 5.92 Å². The lowest BCUT2D eigenvalue weighted by Gasteiger charge is -2.42. The van der Waals surface area contributed by atoms with Gasteiger partial charge in [-0.25, -0.2) is 14.8 Å². The van der Waals surface area contributed by atoms with Crippen LogP contribution in [0.1, 0.15) is 30.9 Å². The Balaban J connectivity index is 1.56. The fraction of sp³-hybridized carbons (Fsp3) is 0.444. The molecule has 8 heteroatoms. The van der Waals surface area contributed by atoms with Crippen molar-refractivity contribution in [3.63, 3.8) is 0 Å². The van der Waals surface area contributed by atoms with Gasteiger partial charge < -0.3 is 19.7 Å². The highest BCUT2D eigenvalue weighted by Crippen LogP contribution is 2.44. The molecule has 2 fully saturated rings. The van der Waals surface area contributed by atoms with Crippen LogP contribution in [0, 0.1) is 19.8 Å². The third-order valence-corrected chi connectivity index (χ3v) is 7.71. The van der Waals surface area contributed by atoms with Gasteiger partial charge in [0.2, 0.25) is 0 Å². The molecule has 2 unspecified atom stereocenters. The van der Waals surface area contributed by atoms with Gasteiger partial charge in [0.25, 0.3) is 0 Å². The van der Waals surface area contributed by atoms with E-state index in [0.29, 0.717) is 23.8 Å². The maximum atomic E-state index is 13.2. The highest BCUT2D eigenvalue weighted by Gasteiger charge is 2.52. The molecule has 0 aliphatic carbocycles. The largest absolute Gasteiger partial charge is 0.494 e. The summed E-state index contributed by atoms with van der Waals surface area (Å²) < 4.78 is 11.8. The number of likely N-dealkylation sites (tertiary alicyclic amines) is 1. The van der Waals surface area contributed by atoms with Crippen molar-refractivity contribution in [2.75, 3.05) is 44.0 Å². The van der Waals surface area contributed by atoms with E-state index in [1.807, 2.05) is 24.3 Å². The number of nitrogens with zero attached hydrogens (tertiary/aromatic N) is 4. The van der Waals surface area contributed by atoms with E-state index in [9.17, 15) is 4.79 Å². The second-order valence-electron chi connectivity index (χ2n) is 9.77. The Bertz CT molecular complexity index is 1280. The SMILES string of the molecule is CCC1CN(C)CCC12CN(c1cc3c(Nc4cccc(C)c4C)ncnc3cc1OC)C(=O)O2. The maximum Gasteiger partial charge on any atom is 0.415 e. The Hall–Kier alpha value is -3.39. The number of hydrogen-bond donors (Lipinski definition) is 1. The molecule has 2 saturated heterocycles. The number of anilines is 3. The monoisotopic (exact) mass is 475 g/mol. The molecule has 184 valence electrons. The highest BCUT2D eigenvalue weighted by atomic mass is 16.6. The molecule has 8 nitrogen and oxygen atoms in total. The normalized spacial score (nSPS) is 22.6. The Morgan fingerprint density at radius 3 is 2.86 bits per heavy atom. The predicted molar refractivity (Wildman–Crippen MR) is 138 cm³/mol. The fourth-order valence-corrected chi connectivity index (χ4v) is 5.40. The zero-order valence-corrected chi connectivity index (χ0v) is 21.1. The zero-order valence-electron chi connectivity index (χ0n) is 21.1. The molecule has 1 N–H and O–H groups in total. The third kappa shape index (κ3) is 4.05. The molecule has 1 aromatic heterocycles. The highest BCUT2D eigenvalue weighted by molar-refractivity contribution is 6.00. The summed E-state index contributed by atoms with van der Waals surface area (Å²) in [6, 6.07) is 9.95. The Morgan fingerprint density at radius 1 is 1.26 bits per heavy atom. The fourth-order valence-electron chi connectivity index (χ4n) is 5.40. The van der Waals surface area contributed by atoms with Crippen LogP contribution in [0.25, 0.3) is 10.9 Å². The molecular weight excluding hydrogens is 442 g/mol. The number of hydrogen-bond acceptors (Lipinski definition) is 7. The number of amides is 1. The van der Waals surface area contributed by atoms with Gasteiger partial charge in [-0.2, -0.15) is 0 Å². The van der Waals surface area contributed by atoms with E-state index in [1.165, 1.54) is 5.56 Å². The van der Waals surface area contributed by atoms with E-state index in [2.05, 4.69) is 54.1 Å². The number of nitrogens with one attached hydrogen (secondary N) is 1. The van der Waals surface area contributed by atoms with Gasteiger partial charge in [-0.1, -0.05) is 19.1 Å². The van der Waals surface area contributed by atoms with Gasteiger partial charge in [-0.3, -0.25) is 4.90 Å². The number of ether oxygens (including phenoxy) is 2. The minimum atomic E-state index is -0.481. The Morgan fingerprint density at radius 2 is 2.09 bits per heavy atom. The summed E-state index contributed by atoms with van der Waals surface area (Å²) in [5.74, 6) is 1.55. The van der Waals surface area contributed by atoms with Crippen molar-refractivity contribution in [1.82, 2.24) is 14.9 Å². The minimum absolute atomic E-state index is 0.284. The summed E-state index contributed by atoms with van der Waals surface area (Å²) in [5.41, 5.74) is 4.27. The lowest BCUT2D eigenvalue weighted by molar-refractivity contribution is -0.0437. The summed E-state index contributed by atoms with van der Waals surface area (Å²) >= 11 is 0. The molecule has 1 amide bonds. The number of aromatic nitrogens is 2. The molecule has 2 aliphatic heterocycles. The first-order chi connectivity index (χ1) is 16.8. The van der Waals surface area contributed by atoms with Crippen LogP contribution in [0.4, 0.5) is 22.0 Å². The lowest BCUT2D eigenvalue weighted by atomic mass is 9.79. The van der Waals surface area contributed by atoms with Crippen molar-refractivity contribution in [1.29, 1.82) is 0 Å². The quantitative estimate of drug-likeness (QED) is 0.553. The Labute approximate surface area is 206 Å². The number of carbonyl (C=O) groups is 1. The van der Waals surface area contributed by atoms with Crippen molar-refractivity contribution in [3.05, 3.63) is 47.8 Å². The second kappa shape index (κ2) is 9.00. The van der Waals surface area contributed by atoms with E-state index >= 15 is 0 Å². The molecule has 3 aromatic rings. The van der Waals surface area contributed by atoms with Crippen LogP contribution in [0.15, 0.2) is 36.7 Å². The summed E-state index contributed by atoms with van der Waals surface area (Å²) in [7, 11) is 3.74.